The summed E-state index contributed by atoms with van der Waals surface area (Å²) in [6.45, 7) is 0.139. The summed E-state index contributed by atoms with van der Waals surface area (Å²) in [5.74, 6) is -1.37. The molecule has 8 nitrogen and oxygen atoms in total. The summed E-state index contributed by atoms with van der Waals surface area (Å²) in [4.78, 5) is 35.0. The predicted octanol–water partition coefficient (Wildman–Crippen LogP) is 1.89. The van der Waals surface area contributed by atoms with E-state index in [0.29, 0.717) is 22.6 Å². The SMILES string of the molecule is COc1cc(C=C2C(=O)NC(=S)NC2=O)ccc1OCc1cccc(C(=O)O)c1. The zero-order chi connectivity index (χ0) is 21.0. The highest BCUT2D eigenvalue weighted by Crippen LogP contribution is 2.30. The van der Waals surface area contributed by atoms with E-state index in [2.05, 4.69) is 10.6 Å². The molecule has 2 aromatic rings. The first kappa shape index (κ1) is 20.0. The molecule has 2 aromatic carbocycles. The number of benzene rings is 2. The van der Waals surface area contributed by atoms with E-state index in [1.54, 1.807) is 30.3 Å². The van der Waals surface area contributed by atoms with Gasteiger partial charge in [-0.15, -0.1) is 0 Å². The molecule has 1 aliphatic heterocycles. The molecule has 3 N–H and O–H groups in total. The van der Waals surface area contributed by atoms with Gasteiger partial charge in [0.05, 0.1) is 12.7 Å². The summed E-state index contributed by atoms with van der Waals surface area (Å²) < 4.78 is 11.1. The predicted molar refractivity (Wildman–Crippen MR) is 108 cm³/mol. The first-order valence-corrected chi connectivity index (χ1v) is 8.79. The summed E-state index contributed by atoms with van der Waals surface area (Å²) in [6.07, 6.45) is 1.41. The van der Waals surface area contributed by atoms with Crippen LogP contribution in [0.1, 0.15) is 21.5 Å². The van der Waals surface area contributed by atoms with E-state index in [-0.39, 0.29) is 22.9 Å². The molecule has 0 atom stereocenters. The van der Waals surface area contributed by atoms with Gasteiger partial charge in [-0.3, -0.25) is 20.2 Å². The monoisotopic (exact) mass is 412 g/mol. The van der Waals surface area contributed by atoms with Crippen molar-refractivity contribution in [1.29, 1.82) is 0 Å². The number of hydrogen-bond donors (Lipinski definition) is 3. The number of carbonyl (C=O) groups is 3. The topological polar surface area (TPSA) is 114 Å². The van der Waals surface area contributed by atoms with Gasteiger partial charge in [-0.05, 0) is 53.7 Å². The van der Waals surface area contributed by atoms with E-state index in [4.69, 9.17) is 26.8 Å². The quantitative estimate of drug-likeness (QED) is 0.377. The number of carboxylic acids is 1. The van der Waals surface area contributed by atoms with Crippen LogP contribution in [0.2, 0.25) is 0 Å². The highest BCUT2D eigenvalue weighted by atomic mass is 32.1. The molecule has 148 valence electrons. The van der Waals surface area contributed by atoms with Crippen LogP contribution in [-0.4, -0.2) is 35.1 Å². The number of aromatic carboxylic acids is 1. The van der Waals surface area contributed by atoms with Gasteiger partial charge in [-0.2, -0.15) is 0 Å². The van der Waals surface area contributed by atoms with E-state index in [1.165, 1.54) is 25.3 Å². The molecule has 2 amide bonds. The van der Waals surface area contributed by atoms with Crippen molar-refractivity contribution in [2.24, 2.45) is 0 Å². The normalized spacial score (nSPS) is 13.4. The number of amides is 2. The molecule has 1 fully saturated rings. The lowest BCUT2D eigenvalue weighted by atomic mass is 10.1. The Morgan fingerprint density at radius 1 is 1.10 bits per heavy atom. The van der Waals surface area contributed by atoms with E-state index < -0.39 is 17.8 Å². The van der Waals surface area contributed by atoms with Crippen LogP contribution < -0.4 is 20.1 Å². The van der Waals surface area contributed by atoms with Crippen LogP contribution in [0, 0.1) is 0 Å². The third kappa shape index (κ3) is 4.77. The Morgan fingerprint density at radius 3 is 2.48 bits per heavy atom. The molecular formula is C20H16N2O6S. The van der Waals surface area contributed by atoms with Gasteiger partial charge in [-0.1, -0.05) is 18.2 Å². The zero-order valence-electron chi connectivity index (χ0n) is 15.2. The van der Waals surface area contributed by atoms with Crippen LogP contribution >= 0.6 is 12.2 Å². The van der Waals surface area contributed by atoms with Crippen molar-refractivity contribution in [2.75, 3.05) is 7.11 Å². The zero-order valence-corrected chi connectivity index (χ0v) is 16.0. The van der Waals surface area contributed by atoms with Crippen molar-refractivity contribution in [1.82, 2.24) is 10.6 Å². The fourth-order valence-electron chi connectivity index (χ4n) is 2.62. The fourth-order valence-corrected chi connectivity index (χ4v) is 2.81. The second-order valence-electron chi connectivity index (χ2n) is 6.00. The van der Waals surface area contributed by atoms with E-state index in [0.717, 1.165) is 0 Å². The summed E-state index contributed by atoms with van der Waals surface area (Å²) in [7, 11) is 1.46. The molecule has 0 saturated carbocycles. The minimum atomic E-state index is -1.02. The second-order valence-corrected chi connectivity index (χ2v) is 6.41. The number of carboxylic acid groups (broad SMARTS) is 1. The van der Waals surface area contributed by atoms with Crippen molar-refractivity contribution in [3.63, 3.8) is 0 Å². The third-order valence-electron chi connectivity index (χ3n) is 4.01. The van der Waals surface area contributed by atoms with Crippen molar-refractivity contribution < 1.29 is 29.0 Å². The Morgan fingerprint density at radius 2 is 1.83 bits per heavy atom. The van der Waals surface area contributed by atoms with Crippen LogP contribution in [0.5, 0.6) is 11.5 Å². The van der Waals surface area contributed by atoms with Crippen LogP contribution in [0.4, 0.5) is 0 Å². The summed E-state index contributed by atoms with van der Waals surface area (Å²) >= 11 is 4.77. The average molecular weight is 412 g/mol. The molecule has 9 heteroatoms. The molecule has 3 rings (SSSR count). The van der Waals surface area contributed by atoms with E-state index in [9.17, 15) is 14.4 Å². The van der Waals surface area contributed by atoms with Gasteiger partial charge in [0.25, 0.3) is 11.8 Å². The molecular weight excluding hydrogens is 396 g/mol. The Bertz CT molecular complexity index is 1030. The minimum Gasteiger partial charge on any atom is -0.493 e. The Labute approximate surface area is 171 Å². The van der Waals surface area contributed by atoms with Gasteiger partial charge in [0.1, 0.15) is 12.2 Å². The molecule has 1 saturated heterocycles. The first-order chi connectivity index (χ1) is 13.9. The number of ether oxygens (including phenoxy) is 2. The van der Waals surface area contributed by atoms with Crippen molar-refractivity contribution in [3.8, 4) is 11.5 Å². The third-order valence-corrected chi connectivity index (χ3v) is 4.21. The van der Waals surface area contributed by atoms with Crippen LogP contribution in [0.3, 0.4) is 0 Å². The maximum Gasteiger partial charge on any atom is 0.335 e. The standard InChI is InChI=1S/C20H16N2O6S/c1-27-16-9-11(8-14-17(23)21-20(29)22-18(14)24)5-6-15(16)28-10-12-3-2-4-13(7-12)19(25)26/h2-9H,10H2,1H3,(H,25,26)(H2,21,22,23,24,29). The molecule has 0 spiro atoms. The van der Waals surface area contributed by atoms with Gasteiger partial charge in [0, 0.05) is 0 Å². The minimum absolute atomic E-state index is 0.0366. The summed E-state index contributed by atoms with van der Waals surface area (Å²) in [5, 5.41) is 13.8. The fraction of sp³-hybridized carbons (Fsp3) is 0.100. The Balaban J connectivity index is 1.79. The lowest BCUT2D eigenvalue weighted by Crippen LogP contribution is -2.51. The van der Waals surface area contributed by atoms with E-state index in [1.807, 2.05) is 0 Å². The van der Waals surface area contributed by atoms with Gasteiger partial charge < -0.3 is 14.6 Å². The summed E-state index contributed by atoms with van der Waals surface area (Å²) in [5.41, 5.74) is 1.32. The highest BCUT2D eigenvalue weighted by Gasteiger charge is 2.25. The molecule has 0 bridgehead atoms. The van der Waals surface area contributed by atoms with Gasteiger partial charge in [-0.25, -0.2) is 4.79 Å². The molecule has 0 aromatic heterocycles. The lowest BCUT2D eigenvalue weighted by molar-refractivity contribution is -0.123. The number of methoxy groups -OCH3 is 1. The molecule has 0 unspecified atom stereocenters. The summed E-state index contributed by atoms with van der Waals surface area (Å²) in [6, 6.07) is 11.3. The van der Waals surface area contributed by atoms with Crippen molar-refractivity contribution in [2.45, 2.75) is 6.61 Å². The van der Waals surface area contributed by atoms with Gasteiger partial charge in [0.15, 0.2) is 16.6 Å². The smallest absolute Gasteiger partial charge is 0.335 e. The first-order valence-electron chi connectivity index (χ1n) is 8.39. The molecule has 1 aliphatic rings. The Hall–Kier alpha value is -3.72. The van der Waals surface area contributed by atoms with Crippen LogP contribution in [0.25, 0.3) is 6.08 Å². The van der Waals surface area contributed by atoms with Gasteiger partial charge in [0.2, 0.25) is 0 Å². The average Bonchev–Trinajstić information content (AvgIpc) is 2.69. The number of hydrogen-bond acceptors (Lipinski definition) is 6. The molecule has 29 heavy (non-hydrogen) atoms. The highest BCUT2D eigenvalue weighted by molar-refractivity contribution is 7.80. The molecule has 0 radical (unpaired) electrons. The van der Waals surface area contributed by atoms with Crippen molar-refractivity contribution >= 4 is 41.2 Å². The Kier molecular flexibility index (Phi) is 5.89. The van der Waals surface area contributed by atoms with Crippen molar-refractivity contribution in [3.05, 3.63) is 64.7 Å². The maximum atomic E-state index is 12.0. The number of nitrogens with one attached hydrogen (secondary N) is 2. The molecule has 1 heterocycles. The largest absolute Gasteiger partial charge is 0.493 e. The number of thiocarbonyl (C=S) groups is 1. The maximum absolute atomic E-state index is 12.0. The van der Waals surface area contributed by atoms with E-state index >= 15 is 0 Å². The van der Waals surface area contributed by atoms with Gasteiger partial charge >= 0.3 is 5.97 Å². The van der Waals surface area contributed by atoms with Crippen LogP contribution in [0.15, 0.2) is 48.0 Å². The second kappa shape index (κ2) is 8.53. The number of rotatable bonds is 6. The number of carbonyl (C=O) groups excluding carboxylic acids is 2. The lowest BCUT2D eigenvalue weighted by Gasteiger charge is -2.16. The molecule has 0 aliphatic carbocycles. The van der Waals surface area contributed by atoms with Crippen LogP contribution in [-0.2, 0) is 16.2 Å².